The molecule has 0 aliphatic heterocycles. The zero-order valence-corrected chi connectivity index (χ0v) is 8.28. The second-order valence-electron chi connectivity index (χ2n) is 3.16. The quantitative estimate of drug-likeness (QED) is 0.684. The molecule has 0 fully saturated rings. The lowest BCUT2D eigenvalue weighted by Crippen LogP contribution is -2.34. The number of hydrogen-bond acceptors (Lipinski definition) is 3. The fourth-order valence-corrected chi connectivity index (χ4v) is 1.32. The summed E-state index contributed by atoms with van der Waals surface area (Å²) in [6.07, 6.45) is 1.50. The first-order valence-corrected chi connectivity index (χ1v) is 4.41. The van der Waals surface area contributed by atoms with Crippen LogP contribution in [-0.4, -0.2) is 22.2 Å². The van der Waals surface area contributed by atoms with E-state index in [1.54, 1.807) is 0 Å². The number of rotatable bonds is 2. The van der Waals surface area contributed by atoms with Gasteiger partial charge in [0.1, 0.15) is 0 Å². The summed E-state index contributed by atoms with van der Waals surface area (Å²) in [4.78, 5) is 4.05. The van der Waals surface area contributed by atoms with Gasteiger partial charge in [0.05, 0.1) is 5.02 Å². The molecule has 0 saturated carbocycles. The molecule has 0 aliphatic rings. The summed E-state index contributed by atoms with van der Waals surface area (Å²) in [7, 11) is -1.51. The highest BCUT2D eigenvalue weighted by atomic mass is 35.5. The minimum absolute atomic E-state index is 0.147. The first kappa shape index (κ1) is 10.5. The maximum absolute atomic E-state index is 9.03. The summed E-state index contributed by atoms with van der Waals surface area (Å²) in [5, 5.41) is 18.5. The summed E-state index contributed by atoms with van der Waals surface area (Å²) >= 11 is 5.68. The Morgan fingerprint density at radius 2 is 2.08 bits per heavy atom. The van der Waals surface area contributed by atoms with E-state index < -0.39 is 7.12 Å². The van der Waals surface area contributed by atoms with Gasteiger partial charge in [-0.2, -0.15) is 0 Å². The third kappa shape index (κ3) is 2.43. The van der Waals surface area contributed by atoms with E-state index in [0.717, 1.165) is 0 Å². The molecule has 0 aromatic carbocycles. The van der Waals surface area contributed by atoms with Crippen LogP contribution in [-0.2, 0) is 0 Å². The molecule has 0 amide bonds. The van der Waals surface area contributed by atoms with Gasteiger partial charge in [0.2, 0.25) is 0 Å². The van der Waals surface area contributed by atoms with Gasteiger partial charge >= 0.3 is 7.12 Å². The van der Waals surface area contributed by atoms with E-state index in [1.807, 2.05) is 13.8 Å². The highest BCUT2D eigenvalue weighted by Gasteiger charge is 2.19. The molecule has 0 atom stereocenters. The van der Waals surface area contributed by atoms with Crippen LogP contribution in [0, 0.1) is 0 Å². The summed E-state index contributed by atoms with van der Waals surface area (Å²) in [6.45, 7) is 3.87. The van der Waals surface area contributed by atoms with Gasteiger partial charge in [-0.25, -0.2) is 0 Å². The van der Waals surface area contributed by atoms with Crippen molar-refractivity contribution < 1.29 is 10.0 Å². The van der Waals surface area contributed by atoms with Gasteiger partial charge in [-0.15, -0.1) is 0 Å². The van der Waals surface area contributed by atoms with Crippen molar-refractivity contribution in [3.63, 3.8) is 0 Å². The van der Waals surface area contributed by atoms with E-state index in [4.69, 9.17) is 21.6 Å². The predicted molar refractivity (Wildman–Crippen MR) is 53.2 cm³/mol. The lowest BCUT2D eigenvalue weighted by Gasteiger charge is -2.10. The van der Waals surface area contributed by atoms with Crippen LogP contribution in [0.1, 0.15) is 25.5 Å². The fraction of sp³-hybridized carbons (Fsp3) is 0.375. The molecule has 0 unspecified atom stereocenters. The molecular formula is C8H11BClNO2. The van der Waals surface area contributed by atoms with E-state index >= 15 is 0 Å². The highest BCUT2D eigenvalue weighted by molar-refractivity contribution is 6.59. The molecule has 0 saturated heterocycles. The summed E-state index contributed by atoms with van der Waals surface area (Å²) in [5.41, 5.74) is 1.04. The number of aromatic nitrogens is 1. The fourth-order valence-electron chi connectivity index (χ4n) is 1.15. The normalized spacial score (nSPS) is 10.6. The maximum atomic E-state index is 9.03. The smallest absolute Gasteiger partial charge is 0.423 e. The SMILES string of the molecule is CC(C)c1ncc(Cl)cc1B(O)O. The molecule has 70 valence electrons. The van der Waals surface area contributed by atoms with Gasteiger partial charge < -0.3 is 10.0 Å². The van der Waals surface area contributed by atoms with Crippen molar-refractivity contribution in [3.8, 4) is 0 Å². The Morgan fingerprint density at radius 1 is 1.46 bits per heavy atom. The lowest BCUT2D eigenvalue weighted by molar-refractivity contribution is 0.425. The monoisotopic (exact) mass is 199 g/mol. The first-order valence-electron chi connectivity index (χ1n) is 4.04. The van der Waals surface area contributed by atoms with Gasteiger partial charge in [-0.1, -0.05) is 25.4 Å². The Labute approximate surface area is 82.5 Å². The van der Waals surface area contributed by atoms with Gasteiger partial charge in [-0.3, -0.25) is 4.98 Å². The molecule has 0 radical (unpaired) electrons. The van der Waals surface area contributed by atoms with Crippen molar-refractivity contribution in [2.45, 2.75) is 19.8 Å². The molecule has 1 rings (SSSR count). The molecule has 0 spiro atoms. The Balaban J connectivity index is 3.19. The van der Waals surface area contributed by atoms with E-state index in [9.17, 15) is 0 Å². The minimum atomic E-state index is -1.51. The van der Waals surface area contributed by atoms with E-state index in [1.165, 1.54) is 12.3 Å². The third-order valence-electron chi connectivity index (χ3n) is 1.74. The van der Waals surface area contributed by atoms with Gasteiger partial charge in [-0.05, 0) is 12.0 Å². The molecule has 1 aromatic rings. The molecule has 5 heteroatoms. The summed E-state index contributed by atoms with van der Waals surface area (Å²) in [6, 6.07) is 1.52. The Kier molecular flexibility index (Phi) is 3.30. The van der Waals surface area contributed by atoms with Crippen LogP contribution in [0.25, 0.3) is 0 Å². The van der Waals surface area contributed by atoms with Crippen LogP contribution in [0.2, 0.25) is 5.02 Å². The number of hydrogen-bond donors (Lipinski definition) is 2. The predicted octanol–water partition coefficient (Wildman–Crippen LogP) is 0.538. The van der Waals surface area contributed by atoms with Crippen molar-refractivity contribution >= 4 is 24.2 Å². The zero-order valence-electron chi connectivity index (χ0n) is 7.53. The average molecular weight is 199 g/mol. The topological polar surface area (TPSA) is 53.4 Å². The van der Waals surface area contributed by atoms with E-state index in [0.29, 0.717) is 16.2 Å². The third-order valence-corrected chi connectivity index (χ3v) is 1.95. The lowest BCUT2D eigenvalue weighted by atomic mass is 9.77. The second kappa shape index (κ2) is 4.09. The standard InChI is InChI=1S/C8H11BClNO2/c1-5(2)8-7(9(12)13)3-6(10)4-11-8/h3-5,12-13H,1-2H3. The Hall–Kier alpha value is -0.575. The number of nitrogens with zero attached hydrogens (tertiary/aromatic N) is 1. The van der Waals surface area contributed by atoms with E-state index in [2.05, 4.69) is 4.98 Å². The average Bonchev–Trinajstić information content (AvgIpc) is 2.03. The van der Waals surface area contributed by atoms with Crippen LogP contribution in [0.15, 0.2) is 12.3 Å². The molecule has 1 heterocycles. The molecule has 1 aromatic heterocycles. The van der Waals surface area contributed by atoms with Gasteiger partial charge in [0, 0.05) is 17.4 Å². The molecular weight excluding hydrogens is 188 g/mol. The van der Waals surface area contributed by atoms with Crippen LogP contribution < -0.4 is 5.46 Å². The summed E-state index contributed by atoms with van der Waals surface area (Å²) in [5.74, 6) is 0.147. The first-order chi connectivity index (χ1) is 6.02. The highest BCUT2D eigenvalue weighted by Crippen LogP contribution is 2.12. The van der Waals surface area contributed by atoms with Gasteiger partial charge in [0.15, 0.2) is 0 Å². The molecule has 3 nitrogen and oxygen atoms in total. The van der Waals surface area contributed by atoms with Crippen molar-refractivity contribution in [2.24, 2.45) is 0 Å². The van der Waals surface area contributed by atoms with Gasteiger partial charge in [0.25, 0.3) is 0 Å². The number of halogens is 1. The molecule has 13 heavy (non-hydrogen) atoms. The van der Waals surface area contributed by atoms with Crippen molar-refractivity contribution in [1.29, 1.82) is 0 Å². The maximum Gasteiger partial charge on any atom is 0.490 e. The summed E-state index contributed by atoms with van der Waals surface area (Å²) < 4.78 is 0. The largest absolute Gasteiger partial charge is 0.490 e. The molecule has 2 N–H and O–H groups in total. The minimum Gasteiger partial charge on any atom is -0.423 e. The van der Waals surface area contributed by atoms with Crippen molar-refractivity contribution in [1.82, 2.24) is 4.98 Å². The second-order valence-corrected chi connectivity index (χ2v) is 3.59. The van der Waals surface area contributed by atoms with Crippen LogP contribution in [0.4, 0.5) is 0 Å². The van der Waals surface area contributed by atoms with Crippen LogP contribution in [0.3, 0.4) is 0 Å². The molecule has 0 bridgehead atoms. The molecule has 0 aliphatic carbocycles. The van der Waals surface area contributed by atoms with Crippen LogP contribution >= 0.6 is 11.6 Å². The van der Waals surface area contributed by atoms with Crippen molar-refractivity contribution in [2.75, 3.05) is 0 Å². The van der Waals surface area contributed by atoms with E-state index in [-0.39, 0.29) is 5.92 Å². The number of pyridine rings is 1. The Bertz CT molecular complexity index is 304. The van der Waals surface area contributed by atoms with Crippen molar-refractivity contribution in [3.05, 3.63) is 23.0 Å². The van der Waals surface area contributed by atoms with Crippen LogP contribution in [0.5, 0.6) is 0 Å². The Morgan fingerprint density at radius 3 is 2.54 bits per heavy atom. The zero-order chi connectivity index (χ0) is 10.0.